The first-order chi connectivity index (χ1) is 10.4. The first-order valence-electron chi connectivity index (χ1n) is 7.13. The standard InChI is InChI=1S/C19H19P2/c1-20-21(17-11-5-2-6-12-17,18-13-7-3-8-14-18)19-15-9-4-10-16-19/h2-16,20H,1H3/q+1. The lowest BCUT2D eigenvalue weighted by Gasteiger charge is -2.25. The quantitative estimate of drug-likeness (QED) is 0.634. The molecule has 0 N–H and O–H groups in total. The average Bonchev–Trinajstić information content (AvgIpc) is 2.59. The Labute approximate surface area is 129 Å². The van der Waals surface area contributed by atoms with Gasteiger partial charge >= 0.3 is 0 Å². The summed E-state index contributed by atoms with van der Waals surface area (Å²) in [7, 11) is 0.863. The molecule has 0 aliphatic carbocycles. The molecule has 0 fully saturated rings. The van der Waals surface area contributed by atoms with Crippen molar-refractivity contribution in [3.8, 4) is 0 Å². The van der Waals surface area contributed by atoms with Gasteiger partial charge in [0.05, 0.1) is 8.27 Å². The first-order valence-corrected chi connectivity index (χ1v) is 11.3. The van der Waals surface area contributed by atoms with Crippen LogP contribution in [-0.2, 0) is 0 Å². The van der Waals surface area contributed by atoms with Gasteiger partial charge in [-0.25, -0.2) is 0 Å². The number of benzene rings is 3. The molecule has 0 aliphatic rings. The number of hydrogen-bond donors (Lipinski definition) is 0. The second-order valence-corrected chi connectivity index (χ2v) is 11.6. The summed E-state index contributed by atoms with van der Waals surface area (Å²) >= 11 is 0. The van der Waals surface area contributed by atoms with Gasteiger partial charge in [0, 0.05) is 0 Å². The van der Waals surface area contributed by atoms with Crippen LogP contribution in [0.3, 0.4) is 0 Å². The molecule has 3 aromatic rings. The van der Waals surface area contributed by atoms with E-state index in [1.54, 1.807) is 0 Å². The fraction of sp³-hybridized carbons (Fsp3) is 0.0526. The van der Waals surface area contributed by atoms with Gasteiger partial charge in [-0.15, -0.1) is 0 Å². The van der Waals surface area contributed by atoms with Gasteiger partial charge in [-0.05, 0) is 43.1 Å². The van der Waals surface area contributed by atoms with Gasteiger partial charge in [0.15, 0.2) is 0 Å². The summed E-state index contributed by atoms with van der Waals surface area (Å²) < 4.78 is 0. The molecular weight excluding hydrogens is 290 g/mol. The van der Waals surface area contributed by atoms with E-state index in [1.165, 1.54) is 15.9 Å². The van der Waals surface area contributed by atoms with Crippen molar-refractivity contribution in [2.24, 2.45) is 0 Å². The Morgan fingerprint density at radius 2 is 0.810 bits per heavy atom. The highest BCUT2D eigenvalue weighted by Gasteiger charge is 2.43. The van der Waals surface area contributed by atoms with Gasteiger partial charge in [0.25, 0.3) is 0 Å². The molecule has 2 heteroatoms. The molecule has 0 nitrogen and oxygen atoms in total. The molecule has 21 heavy (non-hydrogen) atoms. The van der Waals surface area contributed by atoms with E-state index in [9.17, 15) is 0 Å². The fourth-order valence-corrected chi connectivity index (χ4v) is 9.98. The molecular formula is C19H19P2+. The van der Waals surface area contributed by atoms with Crippen LogP contribution in [0, 0.1) is 0 Å². The molecule has 0 bridgehead atoms. The highest BCUT2D eigenvalue weighted by molar-refractivity contribution is 8.41. The monoisotopic (exact) mass is 309 g/mol. The van der Waals surface area contributed by atoms with Crippen molar-refractivity contribution in [2.45, 2.75) is 0 Å². The summed E-state index contributed by atoms with van der Waals surface area (Å²) in [6.07, 6.45) is 0. The van der Waals surface area contributed by atoms with Gasteiger partial charge in [-0.2, -0.15) is 0 Å². The zero-order valence-corrected chi connectivity index (χ0v) is 14.0. The van der Waals surface area contributed by atoms with Crippen LogP contribution in [0.2, 0.25) is 0 Å². The Hall–Kier alpha value is -1.48. The van der Waals surface area contributed by atoms with Gasteiger partial charge in [0.2, 0.25) is 0 Å². The maximum Gasteiger partial charge on any atom is 0.126 e. The average molecular weight is 309 g/mol. The predicted molar refractivity (Wildman–Crippen MR) is 99.4 cm³/mol. The lowest BCUT2D eigenvalue weighted by molar-refractivity contribution is 1.73. The van der Waals surface area contributed by atoms with Crippen LogP contribution in [0.1, 0.15) is 0 Å². The summed E-state index contributed by atoms with van der Waals surface area (Å²) in [5.41, 5.74) is 0. The lowest BCUT2D eigenvalue weighted by atomic mass is 10.4. The highest BCUT2D eigenvalue weighted by atomic mass is 32.1. The Kier molecular flexibility index (Phi) is 4.49. The Bertz CT molecular complexity index is 582. The third kappa shape index (κ3) is 2.67. The minimum atomic E-state index is -1.51. The van der Waals surface area contributed by atoms with E-state index in [-0.39, 0.29) is 0 Å². The summed E-state index contributed by atoms with van der Waals surface area (Å²) in [4.78, 5) is 0. The predicted octanol–water partition coefficient (Wildman–Crippen LogP) is 4.20. The molecule has 0 radical (unpaired) electrons. The molecule has 0 amide bonds. The molecule has 0 spiro atoms. The molecule has 3 rings (SSSR count). The second-order valence-electron chi connectivity index (χ2n) is 4.90. The molecule has 3 aromatic carbocycles. The highest BCUT2D eigenvalue weighted by Crippen LogP contribution is 2.69. The van der Waals surface area contributed by atoms with Crippen LogP contribution >= 0.6 is 15.2 Å². The molecule has 0 heterocycles. The van der Waals surface area contributed by atoms with E-state index in [0.29, 0.717) is 0 Å². The second kappa shape index (κ2) is 6.52. The largest absolute Gasteiger partial charge is 0.126 e. The SMILES string of the molecule is CP[P+](c1ccccc1)(c1ccccc1)c1ccccc1. The third-order valence-electron chi connectivity index (χ3n) is 3.77. The van der Waals surface area contributed by atoms with Crippen LogP contribution in [-0.4, -0.2) is 6.66 Å². The summed E-state index contributed by atoms with van der Waals surface area (Å²) in [5, 5.41) is 4.43. The first kappa shape index (κ1) is 14.5. The van der Waals surface area contributed by atoms with Gasteiger partial charge < -0.3 is 0 Å². The van der Waals surface area contributed by atoms with Crippen molar-refractivity contribution >= 4 is 31.1 Å². The number of hydrogen-bond acceptors (Lipinski definition) is 0. The van der Waals surface area contributed by atoms with Crippen LogP contribution < -0.4 is 15.9 Å². The number of rotatable bonds is 4. The third-order valence-corrected chi connectivity index (χ3v) is 12.0. The molecule has 1 atom stereocenters. The van der Waals surface area contributed by atoms with Crippen LogP contribution in [0.15, 0.2) is 91.0 Å². The topological polar surface area (TPSA) is 0 Å². The zero-order chi connectivity index (χ0) is 14.5. The van der Waals surface area contributed by atoms with Crippen molar-refractivity contribution in [3.63, 3.8) is 0 Å². The van der Waals surface area contributed by atoms with Gasteiger partial charge in [-0.1, -0.05) is 54.6 Å². The molecule has 1 unspecified atom stereocenters. The van der Waals surface area contributed by atoms with Crippen molar-refractivity contribution < 1.29 is 0 Å². The lowest BCUT2D eigenvalue weighted by Crippen LogP contribution is -2.27. The summed E-state index contributed by atoms with van der Waals surface area (Å²) in [5.74, 6) is 0. The summed E-state index contributed by atoms with van der Waals surface area (Å²) in [6, 6.07) is 33.1. The van der Waals surface area contributed by atoms with E-state index in [0.717, 1.165) is 8.27 Å². The maximum absolute atomic E-state index is 2.35. The van der Waals surface area contributed by atoms with Crippen molar-refractivity contribution in [2.75, 3.05) is 6.66 Å². The van der Waals surface area contributed by atoms with Crippen LogP contribution in [0.5, 0.6) is 0 Å². The fourth-order valence-electron chi connectivity index (χ4n) is 2.79. The summed E-state index contributed by atoms with van der Waals surface area (Å²) in [6.45, 7) is 0.842. The van der Waals surface area contributed by atoms with Crippen LogP contribution in [0.25, 0.3) is 0 Å². The molecule has 0 aromatic heterocycles. The molecule has 0 saturated carbocycles. The Morgan fingerprint density at radius 1 is 0.524 bits per heavy atom. The van der Waals surface area contributed by atoms with E-state index in [1.807, 2.05) is 0 Å². The van der Waals surface area contributed by atoms with E-state index < -0.39 is 6.95 Å². The van der Waals surface area contributed by atoms with E-state index in [4.69, 9.17) is 0 Å². The normalized spacial score (nSPS) is 11.9. The van der Waals surface area contributed by atoms with Crippen molar-refractivity contribution in [1.82, 2.24) is 0 Å². The zero-order valence-electron chi connectivity index (χ0n) is 12.1. The maximum atomic E-state index is 2.35. The Balaban J connectivity index is 2.29. The van der Waals surface area contributed by atoms with Gasteiger partial charge in [-0.3, -0.25) is 0 Å². The minimum Gasteiger partial charge on any atom is -0.0620 e. The molecule has 0 aliphatic heterocycles. The smallest absolute Gasteiger partial charge is 0.0620 e. The molecule has 0 saturated heterocycles. The minimum absolute atomic E-state index is 0.863. The van der Waals surface area contributed by atoms with Crippen molar-refractivity contribution in [3.05, 3.63) is 91.0 Å². The molecule has 104 valence electrons. The van der Waals surface area contributed by atoms with Crippen LogP contribution in [0.4, 0.5) is 0 Å². The Morgan fingerprint density at radius 3 is 1.05 bits per heavy atom. The van der Waals surface area contributed by atoms with E-state index >= 15 is 0 Å². The van der Waals surface area contributed by atoms with Gasteiger partial charge in [0.1, 0.15) is 22.9 Å². The van der Waals surface area contributed by atoms with Crippen molar-refractivity contribution in [1.29, 1.82) is 0 Å². The van der Waals surface area contributed by atoms with E-state index in [2.05, 4.69) is 97.7 Å².